The van der Waals surface area contributed by atoms with Crippen LogP contribution in [-0.2, 0) is 19.1 Å². The van der Waals surface area contributed by atoms with Crippen molar-refractivity contribution in [3.05, 3.63) is 59.7 Å². The van der Waals surface area contributed by atoms with E-state index in [-0.39, 0.29) is 12.5 Å². The maximum Gasteiger partial charge on any atom is 0.407 e. The van der Waals surface area contributed by atoms with Gasteiger partial charge >= 0.3 is 18.0 Å². The van der Waals surface area contributed by atoms with Gasteiger partial charge in [0.2, 0.25) is 0 Å². The van der Waals surface area contributed by atoms with Crippen LogP contribution in [0.3, 0.4) is 0 Å². The number of aliphatic carboxylic acids is 1. The number of carboxylic acid groups (broad SMARTS) is 1. The first kappa shape index (κ1) is 21.4. The Morgan fingerprint density at radius 2 is 1.53 bits per heavy atom. The molecule has 0 spiro atoms. The zero-order valence-corrected chi connectivity index (χ0v) is 17.2. The minimum absolute atomic E-state index is 0.0635. The smallest absolute Gasteiger partial charge is 0.407 e. The van der Waals surface area contributed by atoms with Crippen LogP contribution < -0.4 is 5.32 Å². The lowest BCUT2D eigenvalue weighted by Gasteiger charge is -2.24. The molecule has 158 valence electrons. The molecule has 0 radical (unpaired) electrons. The number of carboxylic acids is 1. The van der Waals surface area contributed by atoms with Crippen molar-refractivity contribution in [3.63, 3.8) is 0 Å². The molecule has 0 fully saturated rings. The number of rotatable bonds is 6. The van der Waals surface area contributed by atoms with Crippen LogP contribution in [0.4, 0.5) is 4.79 Å². The lowest BCUT2D eigenvalue weighted by Crippen LogP contribution is -2.45. The molecule has 2 N–H and O–H groups in total. The van der Waals surface area contributed by atoms with E-state index in [1.165, 1.54) is 0 Å². The van der Waals surface area contributed by atoms with Gasteiger partial charge in [0.25, 0.3) is 0 Å². The summed E-state index contributed by atoms with van der Waals surface area (Å²) in [5.74, 6) is -2.19. The van der Waals surface area contributed by atoms with E-state index in [0.29, 0.717) is 0 Å². The predicted molar refractivity (Wildman–Crippen MR) is 110 cm³/mol. The monoisotopic (exact) mass is 411 g/mol. The molecule has 7 nitrogen and oxygen atoms in total. The first-order chi connectivity index (χ1) is 14.2. The summed E-state index contributed by atoms with van der Waals surface area (Å²) in [5, 5.41) is 11.4. The molecule has 0 saturated heterocycles. The van der Waals surface area contributed by atoms with Gasteiger partial charge < -0.3 is 19.9 Å². The number of nitrogens with one attached hydrogen (secondary N) is 1. The number of alkyl carbamates (subject to hydrolysis) is 1. The molecular weight excluding hydrogens is 386 g/mol. The fourth-order valence-corrected chi connectivity index (χ4v) is 3.52. The van der Waals surface area contributed by atoms with Crippen molar-refractivity contribution in [2.45, 2.75) is 44.8 Å². The molecule has 7 heteroatoms. The number of carbonyl (C=O) groups excluding carboxylic acids is 2. The summed E-state index contributed by atoms with van der Waals surface area (Å²) >= 11 is 0. The van der Waals surface area contributed by atoms with E-state index < -0.39 is 36.1 Å². The molecule has 0 aliphatic heterocycles. The second kappa shape index (κ2) is 8.57. The number of hydrogen-bond acceptors (Lipinski definition) is 5. The maximum atomic E-state index is 12.4. The van der Waals surface area contributed by atoms with Crippen LogP contribution in [0.25, 0.3) is 11.1 Å². The summed E-state index contributed by atoms with van der Waals surface area (Å²) in [7, 11) is 0. The summed E-state index contributed by atoms with van der Waals surface area (Å²) in [4.78, 5) is 35.7. The summed E-state index contributed by atoms with van der Waals surface area (Å²) < 4.78 is 10.6. The Morgan fingerprint density at radius 3 is 2.03 bits per heavy atom. The highest BCUT2D eigenvalue weighted by atomic mass is 16.6. The largest absolute Gasteiger partial charge is 0.481 e. The van der Waals surface area contributed by atoms with Gasteiger partial charge in [-0.05, 0) is 43.0 Å². The van der Waals surface area contributed by atoms with E-state index in [4.69, 9.17) is 14.6 Å². The predicted octanol–water partition coefficient (Wildman–Crippen LogP) is 3.71. The number of esters is 1. The van der Waals surface area contributed by atoms with Crippen LogP contribution >= 0.6 is 0 Å². The van der Waals surface area contributed by atoms with Crippen LogP contribution in [0, 0.1) is 0 Å². The average molecular weight is 411 g/mol. The minimum atomic E-state index is -1.34. The highest BCUT2D eigenvalue weighted by molar-refractivity contribution is 5.86. The van der Waals surface area contributed by atoms with Gasteiger partial charge in [-0.1, -0.05) is 48.5 Å². The molecule has 0 saturated carbocycles. The van der Waals surface area contributed by atoms with Crippen LogP contribution in [0.2, 0.25) is 0 Å². The molecular formula is C23H25NO6. The summed E-state index contributed by atoms with van der Waals surface area (Å²) in [5.41, 5.74) is 3.50. The van der Waals surface area contributed by atoms with E-state index in [2.05, 4.69) is 5.32 Å². The number of carbonyl (C=O) groups is 3. The van der Waals surface area contributed by atoms with E-state index in [1.54, 1.807) is 20.8 Å². The topological polar surface area (TPSA) is 102 Å². The Kier molecular flexibility index (Phi) is 6.10. The zero-order chi connectivity index (χ0) is 21.9. The Bertz CT molecular complexity index is 917. The van der Waals surface area contributed by atoms with Gasteiger partial charge in [-0.15, -0.1) is 0 Å². The van der Waals surface area contributed by atoms with Gasteiger partial charge in [0.05, 0.1) is 6.42 Å². The third-order valence-electron chi connectivity index (χ3n) is 4.71. The normalized spacial score (nSPS) is 13.7. The van der Waals surface area contributed by atoms with Crippen LogP contribution in [0.15, 0.2) is 48.5 Å². The zero-order valence-electron chi connectivity index (χ0n) is 17.2. The number of fused-ring (bicyclic) bond motifs is 3. The van der Waals surface area contributed by atoms with Crippen molar-refractivity contribution in [1.29, 1.82) is 0 Å². The lowest BCUT2D eigenvalue weighted by atomic mass is 9.98. The van der Waals surface area contributed by atoms with Crippen molar-refractivity contribution in [1.82, 2.24) is 5.32 Å². The molecule has 2 aromatic carbocycles. The lowest BCUT2D eigenvalue weighted by molar-refractivity contribution is -0.159. The SMILES string of the molecule is CC(C)(C)OC(=O)[C@@H](CC(=O)O)NC(=O)OCC1c2ccccc2-c2ccccc21. The molecule has 1 atom stereocenters. The highest BCUT2D eigenvalue weighted by Gasteiger charge is 2.31. The fraction of sp³-hybridized carbons (Fsp3) is 0.348. The Labute approximate surface area is 175 Å². The second-order valence-electron chi connectivity index (χ2n) is 8.15. The second-order valence-corrected chi connectivity index (χ2v) is 8.15. The summed E-state index contributed by atoms with van der Waals surface area (Å²) in [6.07, 6.45) is -1.46. The average Bonchev–Trinajstić information content (AvgIpc) is 2.98. The molecule has 30 heavy (non-hydrogen) atoms. The molecule has 1 aliphatic carbocycles. The Balaban J connectivity index is 1.68. The number of benzene rings is 2. The Morgan fingerprint density at radius 1 is 1.00 bits per heavy atom. The first-order valence-electron chi connectivity index (χ1n) is 9.72. The molecule has 1 amide bonds. The van der Waals surface area contributed by atoms with Crippen molar-refractivity contribution >= 4 is 18.0 Å². The van der Waals surface area contributed by atoms with E-state index in [9.17, 15) is 14.4 Å². The quantitative estimate of drug-likeness (QED) is 0.703. The molecule has 0 unspecified atom stereocenters. The van der Waals surface area contributed by atoms with Gasteiger partial charge in [0.1, 0.15) is 18.2 Å². The summed E-state index contributed by atoms with van der Waals surface area (Å²) in [6, 6.07) is 14.5. The molecule has 0 aromatic heterocycles. The van der Waals surface area contributed by atoms with Crippen molar-refractivity contribution in [3.8, 4) is 11.1 Å². The van der Waals surface area contributed by atoms with Crippen LogP contribution in [0.1, 0.15) is 44.2 Å². The van der Waals surface area contributed by atoms with E-state index in [0.717, 1.165) is 22.3 Å². The first-order valence-corrected chi connectivity index (χ1v) is 9.72. The van der Waals surface area contributed by atoms with Crippen LogP contribution in [-0.4, -0.2) is 41.4 Å². The molecule has 1 aliphatic rings. The molecule has 3 rings (SSSR count). The van der Waals surface area contributed by atoms with Gasteiger partial charge in [-0.2, -0.15) is 0 Å². The van der Waals surface area contributed by atoms with E-state index >= 15 is 0 Å². The van der Waals surface area contributed by atoms with Gasteiger partial charge in [0.15, 0.2) is 0 Å². The van der Waals surface area contributed by atoms with Crippen molar-refractivity contribution in [2.24, 2.45) is 0 Å². The number of ether oxygens (including phenoxy) is 2. The molecule has 0 heterocycles. The third kappa shape index (κ3) is 4.97. The molecule has 0 bridgehead atoms. The Hall–Kier alpha value is -3.35. The minimum Gasteiger partial charge on any atom is -0.481 e. The fourth-order valence-electron chi connectivity index (χ4n) is 3.52. The number of hydrogen-bond donors (Lipinski definition) is 2. The van der Waals surface area contributed by atoms with Crippen molar-refractivity contribution in [2.75, 3.05) is 6.61 Å². The van der Waals surface area contributed by atoms with Crippen LogP contribution in [0.5, 0.6) is 0 Å². The maximum absolute atomic E-state index is 12.4. The van der Waals surface area contributed by atoms with Crippen molar-refractivity contribution < 1.29 is 29.0 Å². The van der Waals surface area contributed by atoms with Gasteiger partial charge in [0, 0.05) is 5.92 Å². The number of amides is 1. The standard InChI is InChI=1S/C23H25NO6/c1-23(2,3)30-21(27)19(12-20(25)26)24-22(28)29-13-18-16-10-6-4-8-14(16)15-9-5-7-11-17(15)18/h4-11,18-19H,12-13H2,1-3H3,(H,24,28)(H,25,26)/t19-/m1/s1. The summed E-state index contributed by atoms with van der Waals surface area (Å²) in [6.45, 7) is 5.05. The molecule has 2 aromatic rings. The third-order valence-corrected chi connectivity index (χ3v) is 4.71. The van der Waals surface area contributed by atoms with Gasteiger partial charge in [-0.3, -0.25) is 4.79 Å². The highest BCUT2D eigenvalue weighted by Crippen LogP contribution is 2.44. The van der Waals surface area contributed by atoms with Gasteiger partial charge in [-0.25, -0.2) is 9.59 Å². The van der Waals surface area contributed by atoms with E-state index in [1.807, 2.05) is 48.5 Å².